The fraction of sp³-hybridized carbons (Fsp3) is 0.0667. The standard InChI is InChI=1S/C15H12N2O2S/c1-10-4-2-5-11(8-10)16-14-13(20-15(18)17-14)9-12-6-3-7-19-12/h2-9H,1H3,(H,16,17,18). The van der Waals surface area contributed by atoms with Gasteiger partial charge in [-0.15, -0.1) is 0 Å². The second-order valence-electron chi connectivity index (χ2n) is 4.34. The molecule has 0 spiro atoms. The molecule has 1 fully saturated rings. The van der Waals surface area contributed by atoms with Gasteiger partial charge in [0.05, 0.1) is 16.9 Å². The summed E-state index contributed by atoms with van der Waals surface area (Å²) in [5, 5.41) is 2.62. The Bertz CT molecular complexity index is 702. The molecule has 1 aromatic carbocycles. The molecule has 3 rings (SSSR count). The molecule has 1 aliphatic rings. The van der Waals surface area contributed by atoms with Gasteiger partial charge in [0.1, 0.15) is 11.6 Å². The molecule has 100 valence electrons. The van der Waals surface area contributed by atoms with Crippen LogP contribution < -0.4 is 5.32 Å². The van der Waals surface area contributed by atoms with Crippen LogP contribution in [0.15, 0.2) is 57.0 Å². The highest BCUT2D eigenvalue weighted by Gasteiger charge is 2.23. The third-order valence-electron chi connectivity index (χ3n) is 2.72. The Balaban J connectivity index is 1.96. The molecule has 1 aromatic heterocycles. The van der Waals surface area contributed by atoms with Gasteiger partial charge in [0, 0.05) is 0 Å². The molecule has 2 heterocycles. The molecule has 0 aliphatic carbocycles. The first-order chi connectivity index (χ1) is 9.70. The summed E-state index contributed by atoms with van der Waals surface area (Å²) in [7, 11) is 0. The molecule has 1 amide bonds. The van der Waals surface area contributed by atoms with Crippen molar-refractivity contribution in [2.24, 2.45) is 4.99 Å². The fourth-order valence-electron chi connectivity index (χ4n) is 1.84. The monoisotopic (exact) mass is 284 g/mol. The average Bonchev–Trinajstić information content (AvgIpc) is 3.01. The van der Waals surface area contributed by atoms with Gasteiger partial charge < -0.3 is 9.73 Å². The molecule has 1 N–H and O–H groups in total. The molecule has 20 heavy (non-hydrogen) atoms. The van der Waals surface area contributed by atoms with Gasteiger partial charge in [-0.25, -0.2) is 4.99 Å². The Hall–Kier alpha value is -2.27. The molecule has 1 saturated heterocycles. The van der Waals surface area contributed by atoms with Crippen molar-refractivity contribution in [1.82, 2.24) is 5.32 Å². The molecule has 0 unspecified atom stereocenters. The number of aliphatic imine (C=N–C) groups is 1. The lowest BCUT2D eigenvalue weighted by Gasteiger charge is -2.00. The first-order valence-electron chi connectivity index (χ1n) is 6.10. The number of amidine groups is 1. The van der Waals surface area contributed by atoms with E-state index in [2.05, 4.69) is 10.3 Å². The van der Waals surface area contributed by atoms with Gasteiger partial charge in [0.15, 0.2) is 0 Å². The summed E-state index contributed by atoms with van der Waals surface area (Å²) in [6.45, 7) is 2.01. The zero-order valence-corrected chi connectivity index (χ0v) is 11.6. The van der Waals surface area contributed by atoms with Crippen molar-refractivity contribution >= 4 is 34.6 Å². The molecule has 5 heteroatoms. The highest BCUT2D eigenvalue weighted by Crippen LogP contribution is 2.28. The first-order valence-corrected chi connectivity index (χ1v) is 6.92. The van der Waals surface area contributed by atoms with E-state index in [0.29, 0.717) is 11.6 Å². The van der Waals surface area contributed by atoms with Crippen LogP contribution >= 0.6 is 11.8 Å². The smallest absolute Gasteiger partial charge is 0.289 e. The summed E-state index contributed by atoms with van der Waals surface area (Å²) in [6, 6.07) is 11.4. The SMILES string of the molecule is Cc1cccc(N=C2NC(=O)SC2=Cc2ccco2)c1. The molecule has 2 aromatic rings. The second-order valence-corrected chi connectivity index (χ2v) is 5.35. The van der Waals surface area contributed by atoms with Crippen LogP contribution in [0.2, 0.25) is 0 Å². The van der Waals surface area contributed by atoms with Crippen molar-refractivity contribution < 1.29 is 9.21 Å². The van der Waals surface area contributed by atoms with Gasteiger partial charge >= 0.3 is 0 Å². The summed E-state index contributed by atoms with van der Waals surface area (Å²) >= 11 is 1.12. The lowest BCUT2D eigenvalue weighted by molar-refractivity contribution is 0.265. The van der Waals surface area contributed by atoms with Gasteiger partial charge in [-0.1, -0.05) is 12.1 Å². The topological polar surface area (TPSA) is 54.6 Å². The Morgan fingerprint density at radius 1 is 1.30 bits per heavy atom. The van der Waals surface area contributed by atoms with Crippen LogP contribution in [0.5, 0.6) is 0 Å². The molecule has 4 nitrogen and oxygen atoms in total. The van der Waals surface area contributed by atoms with Gasteiger partial charge in [-0.05, 0) is 54.6 Å². The maximum Gasteiger partial charge on any atom is 0.289 e. The Morgan fingerprint density at radius 2 is 2.20 bits per heavy atom. The third-order valence-corrected chi connectivity index (χ3v) is 3.53. The van der Waals surface area contributed by atoms with E-state index in [-0.39, 0.29) is 5.24 Å². The van der Waals surface area contributed by atoms with E-state index in [0.717, 1.165) is 27.9 Å². The minimum absolute atomic E-state index is 0.130. The quantitative estimate of drug-likeness (QED) is 0.902. The number of rotatable bonds is 2. The van der Waals surface area contributed by atoms with Crippen LogP contribution in [0.4, 0.5) is 10.5 Å². The number of amides is 1. The summed E-state index contributed by atoms with van der Waals surface area (Å²) in [5.41, 5.74) is 1.94. The number of nitrogens with one attached hydrogen (secondary N) is 1. The fourth-order valence-corrected chi connectivity index (χ4v) is 2.56. The van der Waals surface area contributed by atoms with Gasteiger partial charge in [-0.2, -0.15) is 0 Å². The molecule has 0 saturated carbocycles. The summed E-state index contributed by atoms with van der Waals surface area (Å²) in [6.07, 6.45) is 3.40. The molecular weight excluding hydrogens is 272 g/mol. The number of furan rings is 1. The van der Waals surface area contributed by atoms with Crippen LogP contribution in [0.3, 0.4) is 0 Å². The van der Waals surface area contributed by atoms with Crippen LogP contribution in [0, 0.1) is 6.92 Å². The predicted octanol–water partition coefficient (Wildman–Crippen LogP) is 4.12. The van der Waals surface area contributed by atoms with E-state index in [1.54, 1.807) is 18.4 Å². The zero-order chi connectivity index (χ0) is 13.9. The van der Waals surface area contributed by atoms with Crippen molar-refractivity contribution in [3.63, 3.8) is 0 Å². The zero-order valence-electron chi connectivity index (χ0n) is 10.8. The van der Waals surface area contributed by atoms with E-state index in [9.17, 15) is 4.79 Å². The summed E-state index contributed by atoms with van der Waals surface area (Å²) < 4.78 is 5.26. The van der Waals surface area contributed by atoms with E-state index in [4.69, 9.17) is 4.42 Å². The van der Waals surface area contributed by atoms with Gasteiger partial charge in [0.25, 0.3) is 5.24 Å². The Labute approximate surface area is 120 Å². The van der Waals surface area contributed by atoms with Crippen molar-refractivity contribution in [2.75, 3.05) is 0 Å². The van der Waals surface area contributed by atoms with E-state index in [1.807, 2.05) is 37.3 Å². The second kappa shape index (κ2) is 5.38. The van der Waals surface area contributed by atoms with E-state index in [1.165, 1.54) is 0 Å². The van der Waals surface area contributed by atoms with Crippen molar-refractivity contribution in [3.8, 4) is 0 Å². The van der Waals surface area contributed by atoms with Gasteiger partial charge in [0.2, 0.25) is 0 Å². The molecule has 0 atom stereocenters. The normalized spacial score (nSPS) is 18.8. The maximum absolute atomic E-state index is 11.5. The summed E-state index contributed by atoms with van der Waals surface area (Å²) in [4.78, 5) is 16.8. The molecule has 0 radical (unpaired) electrons. The van der Waals surface area contributed by atoms with Crippen LogP contribution in [-0.2, 0) is 0 Å². The minimum Gasteiger partial charge on any atom is -0.465 e. The molecular formula is C15H12N2O2S. The first kappa shape index (κ1) is 12.7. The number of carbonyl (C=O) groups is 1. The largest absolute Gasteiger partial charge is 0.465 e. The van der Waals surface area contributed by atoms with Gasteiger partial charge in [-0.3, -0.25) is 4.79 Å². The van der Waals surface area contributed by atoms with E-state index < -0.39 is 0 Å². The van der Waals surface area contributed by atoms with Crippen molar-refractivity contribution in [3.05, 3.63) is 58.9 Å². The number of hydrogen-bond donors (Lipinski definition) is 1. The highest BCUT2D eigenvalue weighted by molar-refractivity contribution is 8.18. The Kier molecular flexibility index (Phi) is 3.43. The number of aryl methyl sites for hydroxylation is 1. The minimum atomic E-state index is -0.130. The van der Waals surface area contributed by atoms with Crippen LogP contribution in [-0.4, -0.2) is 11.1 Å². The summed E-state index contributed by atoms with van der Waals surface area (Å²) in [5.74, 6) is 1.25. The number of thioether (sulfide) groups is 1. The van der Waals surface area contributed by atoms with Crippen LogP contribution in [0.25, 0.3) is 6.08 Å². The average molecular weight is 284 g/mol. The maximum atomic E-state index is 11.5. The van der Waals surface area contributed by atoms with Crippen molar-refractivity contribution in [2.45, 2.75) is 6.92 Å². The lowest BCUT2D eigenvalue weighted by atomic mass is 10.2. The molecule has 1 aliphatic heterocycles. The van der Waals surface area contributed by atoms with E-state index >= 15 is 0 Å². The molecule has 0 bridgehead atoms. The number of benzene rings is 1. The number of carbonyl (C=O) groups excluding carboxylic acids is 1. The number of hydrogen-bond acceptors (Lipinski definition) is 4. The number of nitrogens with zero attached hydrogens (tertiary/aromatic N) is 1. The lowest BCUT2D eigenvalue weighted by Crippen LogP contribution is -2.18. The third kappa shape index (κ3) is 2.83. The predicted molar refractivity (Wildman–Crippen MR) is 81.1 cm³/mol. The highest BCUT2D eigenvalue weighted by atomic mass is 32.2. The van der Waals surface area contributed by atoms with Crippen LogP contribution in [0.1, 0.15) is 11.3 Å². The Morgan fingerprint density at radius 3 is 2.95 bits per heavy atom. The van der Waals surface area contributed by atoms with Crippen molar-refractivity contribution in [1.29, 1.82) is 0 Å².